The van der Waals surface area contributed by atoms with Crippen LogP contribution in [0.5, 0.6) is 5.75 Å². The number of carbonyl (C=O) groups excluding carboxylic acids is 12. The van der Waals surface area contributed by atoms with Crippen LogP contribution in [0, 0.1) is 17.8 Å². The number of nitrogens with two attached hydrogens (primary N) is 7. The lowest BCUT2D eigenvalue weighted by Crippen LogP contribution is -2.61. The van der Waals surface area contributed by atoms with E-state index in [2.05, 4.69) is 63.2 Å². The number of aliphatic carboxylic acids is 2. The van der Waals surface area contributed by atoms with Gasteiger partial charge in [-0.25, -0.2) is 4.79 Å². The zero-order valence-corrected chi connectivity index (χ0v) is 51.8. The van der Waals surface area contributed by atoms with Crippen LogP contribution in [0.1, 0.15) is 111 Å². The summed E-state index contributed by atoms with van der Waals surface area (Å²) in [5.74, 6) is -17.6. The van der Waals surface area contributed by atoms with E-state index >= 15 is 0 Å². The van der Waals surface area contributed by atoms with Gasteiger partial charge in [-0.2, -0.15) is 0 Å². The number of aromatic hydroxyl groups is 1. The number of nitrogens with zero attached hydrogens (tertiary/aromatic N) is 2. The number of guanidine groups is 2. The Kier molecular flexibility index (Phi) is 35.3. The van der Waals surface area contributed by atoms with Crippen LogP contribution >= 0.6 is 0 Å². The topological polar surface area (TPSA) is 627 Å². The zero-order chi connectivity index (χ0) is 69.2. The van der Waals surface area contributed by atoms with Crippen molar-refractivity contribution in [3.63, 3.8) is 0 Å². The van der Waals surface area contributed by atoms with Crippen molar-refractivity contribution < 1.29 is 82.4 Å². The summed E-state index contributed by atoms with van der Waals surface area (Å²) >= 11 is 0. The fourth-order valence-electron chi connectivity index (χ4n) is 8.40. The second-order valence-electron chi connectivity index (χ2n) is 21.8. The summed E-state index contributed by atoms with van der Waals surface area (Å²) in [6.45, 7) is 8.01. The van der Waals surface area contributed by atoms with E-state index in [4.69, 9.17) is 40.1 Å². The van der Waals surface area contributed by atoms with E-state index in [9.17, 15) is 82.4 Å². The molecule has 1 aromatic rings. The van der Waals surface area contributed by atoms with Crippen LogP contribution in [0.25, 0.3) is 0 Å². The van der Waals surface area contributed by atoms with Gasteiger partial charge in [0.05, 0.1) is 32.0 Å². The molecular weight excluding hydrogens is 1200 g/mol. The zero-order valence-electron chi connectivity index (χ0n) is 51.8. The average molecular weight is 1290 g/mol. The summed E-state index contributed by atoms with van der Waals surface area (Å²) in [6, 6.07) is -8.10. The van der Waals surface area contributed by atoms with Crippen LogP contribution in [-0.4, -0.2) is 191 Å². The molecule has 0 bridgehead atoms. The molecule has 0 aromatic heterocycles. The molecule has 27 N–H and O–H groups in total. The molecular formula is C55H91N19O17. The third kappa shape index (κ3) is 31.2. The molecule has 0 aliphatic carbocycles. The first-order chi connectivity index (χ1) is 42.6. The van der Waals surface area contributed by atoms with E-state index in [0.29, 0.717) is 18.4 Å². The first-order valence-corrected chi connectivity index (χ1v) is 29.2. The number of benzene rings is 1. The summed E-state index contributed by atoms with van der Waals surface area (Å²) < 4.78 is 0. The van der Waals surface area contributed by atoms with Crippen LogP contribution in [0.3, 0.4) is 0 Å². The minimum Gasteiger partial charge on any atom is -0.508 e. The van der Waals surface area contributed by atoms with Crippen LogP contribution in [0.2, 0.25) is 0 Å². The molecule has 0 unspecified atom stereocenters. The van der Waals surface area contributed by atoms with Gasteiger partial charge in [0.25, 0.3) is 0 Å². The Labute approximate surface area is 525 Å². The first-order valence-electron chi connectivity index (χ1n) is 29.2. The number of amides is 12. The van der Waals surface area contributed by atoms with E-state index in [1.807, 2.05) is 0 Å². The van der Waals surface area contributed by atoms with Crippen molar-refractivity contribution in [3.05, 3.63) is 29.8 Å². The smallest absolute Gasteiger partial charge is 0.326 e. The van der Waals surface area contributed by atoms with Gasteiger partial charge in [0.1, 0.15) is 54.1 Å². The van der Waals surface area contributed by atoms with Crippen molar-refractivity contribution in [2.75, 3.05) is 26.2 Å². The lowest BCUT2D eigenvalue weighted by atomic mass is 9.94. The number of carbonyl (C=O) groups is 14. The Morgan fingerprint density at radius 1 is 0.473 bits per heavy atom. The predicted octanol–water partition coefficient (Wildman–Crippen LogP) is -7.07. The number of hydrogen-bond acceptors (Lipinski definition) is 18. The molecule has 0 aliphatic rings. The number of carboxylic acid groups (broad SMARTS) is 2. The second kappa shape index (κ2) is 40.6. The van der Waals surface area contributed by atoms with Crippen molar-refractivity contribution in [1.82, 2.24) is 53.2 Å². The highest BCUT2D eigenvalue weighted by Gasteiger charge is 2.37. The fourth-order valence-corrected chi connectivity index (χ4v) is 8.40. The quantitative estimate of drug-likeness (QED) is 0.0164. The van der Waals surface area contributed by atoms with Crippen LogP contribution < -0.4 is 93.3 Å². The summed E-state index contributed by atoms with van der Waals surface area (Å²) in [5, 5.41) is 52.7. The van der Waals surface area contributed by atoms with Crippen molar-refractivity contribution >= 4 is 94.7 Å². The number of nitrogens with one attached hydrogen (secondary N) is 10. The summed E-state index contributed by atoms with van der Waals surface area (Å²) in [4.78, 5) is 192. The van der Waals surface area contributed by atoms with Gasteiger partial charge in [-0.05, 0) is 67.6 Å². The Balaban J connectivity index is 3.41. The summed E-state index contributed by atoms with van der Waals surface area (Å²) in [7, 11) is 0. The maximum Gasteiger partial charge on any atom is 0.326 e. The molecule has 0 saturated carbocycles. The predicted molar refractivity (Wildman–Crippen MR) is 327 cm³/mol. The minimum absolute atomic E-state index is 0.0449. The first kappa shape index (κ1) is 79.1. The number of primary amides is 2. The van der Waals surface area contributed by atoms with E-state index in [1.54, 1.807) is 41.5 Å². The van der Waals surface area contributed by atoms with Crippen molar-refractivity contribution in [1.29, 1.82) is 0 Å². The standard InChI is InChI=1S/C55H91N19O17/c1-7-27(5)43(50(87)66-25-40(79)68-36(53(90)91)21-29-13-15-30(75)16-14-29)74-52(89)44(28(6)8-2)73-48(85)33(17-18-37(57)76)70-47(84)32(12-10-20-64-55(61)62)69-49(86)34(22-38(58)77)67-39(78)24-65-46(83)35(23-41(80)81)71-51(88)42(26(3)4)72-45(82)31(56)11-9-19-63-54(59)60/h13-16,26-28,31-36,42-44,75H,7-12,17-25,56H2,1-6H3,(H2,57,76)(H2,58,77)(H,65,83)(H,66,87)(H,67,78)(H,68,79)(H,69,86)(H,70,84)(H,71,88)(H,72,82)(H,73,85)(H,74,89)(H,80,81)(H,90,91)(H4,59,60,63)(H4,61,62,64)/t27-,28-,31-,32-,33-,34-,35-,36-,42-,43-,44-/m0/s1. The van der Waals surface area contributed by atoms with Gasteiger partial charge < -0.3 is 109 Å². The molecule has 1 rings (SSSR count). The molecule has 91 heavy (non-hydrogen) atoms. The van der Waals surface area contributed by atoms with Gasteiger partial charge in [0.2, 0.25) is 70.9 Å². The van der Waals surface area contributed by atoms with E-state index in [-0.39, 0.29) is 62.9 Å². The van der Waals surface area contributed by atoms with E-state index in [0.717, 1.165) is 0 Å². The molecule has 0 radical (unpaired) electrons. The van der Waals surface area contributed by atoms with Crippen molar-refractivity contribution in [3.8, 4) is 5.75 Å². The number of phenolic OH excluding ortho intramolecular Hbond substituents is 1. The molecule has 0 heterocycles. The number of hydrogen-bond donors (Lipinski definition) is 20. The third-order valence-electron chi connectivity index (χ3n) is 14.0. The van der Waals surface area contributed by atoms with Gasteiger partial charge in [0, 0.05) is 25.9 Å². The van der Waals surface area contributed by atoms with Crippen LogP contribution in [-0.2, 0) is 73.5 Å². The highest BCUT2D eigenvalue weighted by molar-refractivity contribution is 6.00. The van der Waals surface area contributed by atoms with Gasteiger partial charge in [0.15, 0.2) is 11.9 Å². The van der Waals surface area contributed by atoms with E-state index in [1.165, 1.54) is 24.3 Å². The van der Waals surface area contributed by atoms with Gasteiger partial charge in [-0.15, -0.1) is 0 Å². The number of rotatable bonds is 43. The number of phenols is 1. The van der Waals surface area contributed by atoms with Gasteiger partial charge in [-0.3, -0.25) is 72.3 Å². The molecule has 0 fully saturated rings. The third-order valence-corrected chi connectivity index (χ3v) is 14.0. The Hall–Kier alpha value is -9.90. The monoisotopic (exact) mass is 1290 g/mol. The maximum atomic E-state index is 14.3. The Bertz CT molecular complexity index is 2760. The highest BCUT2D eigenvalue weighted by atomic mass is 16.4. The SMILES string of the molecule is CC[C@H](C)[C@H](NC(=O)[C@H](CCC(N)=O)NC(=O)[C@H](CCCN=C(N)N)NC(=O)[C@H](CC(N)=O)NC(=O)CNC(=O)[C@H](CC(=O)O)NC(=O)[C@@H](NC(=O)[C@@H](N)CCCN=C(N)N)C(C)C)C(=O)N[C@H](C(=O)NCC(=O)N[C@@H](Cc1ccc(O)cc1)C(=O)O)[C@@H](C)CC. The van der Waals surface area contributed by atoms with Crippen molar-refractivity contribution in [2.45, 2.75) is 167 Å². The molecule has 36 heteroatoms. The number of aliphatic imine (C=N–C) groups is 2. The molecule has 11 atom stereocenters. The normalized spacial score (nSPS) is 14.5. The molecule has 0 spiro atoms. The lowest BCUT2D eigenvalue weighted by molar-refractivity contribution is -0.142. The lowest BCUT2D eigenvalue weighted by Gasteiger charge is -2.30. The molecule has 508 valence electrons. The molecule has 1 aromatic carbocycles. The van der Waals surface area contributed by atoms with Crippen LogP contribution in [0.15, 0.2) is 34.3 Å². The number of carboxylic acids is 2. The molecule has 0 saturated heterocycles. The van der Waals surface area contributed by atoms with Crippen molar-refractivity contribution in [2.24, 2.45) is 67.9 Å². The highest BCUT2D eigenvalue weighted by Crippen LogP contribution is 2.15. The van der Waals surface area contributed by atoms with E-state index < -0.39 is 194 Å². The fraction of sp³-hybridized carbons (Fsp3) is 0.600. The van der Waals surface area contributed by atoms with Gasteiger partial charge >= 0.3 is 11.9 Å². The Morgan fingerprint density at radius 2 is 0.901 bits per heavy atom. The summed E-state index contributed by atoms with van der Waals surface area (Å²) in [5.41, 5.74) is 38.9. The average Bonchev–Trinajstić information content (AvgIpc) is 3.68. The Morgan fingerprint density at radius 3 is 1.38 bits per heavy atom. The molecule has 36 nitrogen and oxygen atoms in total. The molecule has 0 aliphatic heterocycles. The minimum atomic E-state index is -1.88. The molecule has 12 amide bonds. The maximum absolute atomic E-state index is 14.3. The summed E-state index contributed by atoms with van der Waals surface area (Å²) in [6.07, 6.45) is -2.47. The largest absolute Gasteiger partial charge is 0.508 e. The van der Waals surface area contributed by atoms with Gasteiger partial charge in [-0.1, -0.05) is 66.5 Å². The van der Waals surface area contributed by atoms with Crippen LogP contribution in [0.4, 0.5) is 0 Å². The second-order valence-corrected chi connectivity index (χ2v) is 21.8.